The van der Waals surface area contributed by atoms with Gasteiger partial charge in [-0.05, 0) is 41.8 Å². The molecule has 0 aliphatic rings. The molecule has 1 heterocycles. The van der Waals surface area contributed by atoms with E-state index in [0.717, 1.165) is 15.8 Å². The van der Waals surface area contributed by atoms with Crippen molar-refractivity contribution >= 4 is 39.0 Å². The van der Waals surface area contributed by atoms with Gasteiger partial charge in [0.15, 0.2) is 0 Å². The highest BCUT2D eigenvalue weighted by molar-refractivity contribution is 7.21. The van der Waals surface area contributed by atoms with Crippen molar-refractivity contribution in [1.29, 1.82) is 0 Å². The minimum Gasteiger partial charge on any atom is -0.497 e. The molecule has 0 atom stereocenters. The molecule has 24 heavy (non-hydrogen) atoms. The number of carbonyl (C=O) groups is 1. The fraction of sp³-hybridized carbons (Fsp3) is 0.211. The lowest BCUT2D eigenvalue weighted by atomic mass is 10.0. The maximum Gasteiger partial charge on any atom is 0.355 e. The minimum absolute atomic E-state index is 0.396. The van der Waals surface area contributed by atoms with Crippen LogP contribution in [0.4, 0.5) is 0 Å². The number of benzene rings is 2. The van der Waals surface area contributed by atoms with Crippen LogP contribution in [0, 0.1) is 0 Å². The van der Waals surface area contributed by atoms with Gasteiger partial charge in [-0.3, -0.25) is 0 Å². The Morgan fingerprint density at radius 3 is 2.38 bits per heavy atom. The average Bonchev–Trinajstić information content (AvgIpc) is 2.91. The standard InChI is InChI=1S/C19H17ClO3S/c1-11(2)12-4-6-13(7-5-12)23-19(21)18-17(20)15-9-8-14(22-3)10-16(15)24-18/h4-11H,1-3H3. The second-order valence-corrected chi connectivity index (χ2v) is 7.15. The third-order valence-corrected chi connectivity index (χ3v) is 5.42. The molecule has 124 valence electrons. The first-order valence-corrected chi connectivity index (χ1v) is 8.77. The second-order valence-electron chi connectivity index (χ2n) is 5.72. The predicted octanol–water partition coefficient (Wildman–Crippen LogP) is 5.91. The number of esters is 1. The monoisotopic (exact) mass is 360 g/mol. The number of carbonyl (C=O) groups excluding carboxylic acids is 1. The largest absolute Gasteiger partial charge is 0.497 e. The molecule has 5 heteroatoms. The molecule has 0 N–H and O–H groups in total. The third kappa shape index (κ3) is 3.25. The zero-order valence-corrected chi connectivity index (χ0v) is 15.2. The number of hydrogen-bond acceptors (Lipinski definition) is 4. The van der Waals surface area contributed by atoms with Crippen LogP contribution in [0.15, 0.2) is 42.5 Å². The van der Waals surface area contributed by atoms with Gasteiger partial charge in [0.1, 0.15) is 16.4 Å². The topological polar surface area (TPSA) is 35.5 Å². The van der Waals surface area contributed by atoms with Crippen molar-refractivity contribution in [2.75, 3.05) is 7.11 Å². The normalized spacial score (nSPS) is 11.0. The van der Waals surface area contributed by atoms with Crippen LogP contribution in [-0.2, 0) is 0 Å². The minimum atomic E-state index is -0.447. The van der Waals surface area contributed by atoms with Gasteiger partial charge >= 0.3 is 5.97 Å². The lowest BCUT2D eigenvalue weighted by molar-refractivity contribution is 0.0740. The number of rotatable bonds is 4. The Hall–Kier alpha value is -2.04. The van der Waals surface area contributed by atoms with Crippen molar-refractivity contribution in [3.63, 3.8) is 0 Å². The van der Waals surface area contributed by atoms with E-state index >= 15 is 0 Å². The summed E-state index contributed by atoms with van der Waals surface area (Å²) in [6.45, 7) is 4.23. The molecule has 0 aliphatic heterocycles. The van der Waals surface area contributed by atoms with E-state index in [1.54, 1.807) is 19.2 Å². The molecule has 0 radical (unpaired) electrons. The Labute approximate surface area is 149 Å². The molecule has 2 aromatic carbocycles. The van der Waals surface area contributed by atoms with Gasteiger partial charge in [0, 0.05) is 10.1 Å². The van der Waals surface area contributed by atoms with Crippen LogP contribution in [0.5, 0.6) is 11.5 Å². The van der Waals surface area contributed by atoms with Crippen molar-refractivity contribution < 1.29 is 14.3 Å². The lowest BCUT2D eigenvalue weighted by Gasteiger charge is -2.07. The molecule has 0 saturated carbocycles. The van der Waals surface area contributed by atoms with Gasteiger partial charge in [-0.2, -0.15) is 0 Å². The lowest BCUT2D eigenvalue weighted by Crippen LogP contribution is -2.07. The summed E-state index contributed by atoms with van der Waals surface area (Å²) in [5.74, 6) is 1.22. The van der Waals surface area contributed by atoms with E-state index in [0.29, 0.717) is 21.6 Å². The third-order valence-electron chi connectivity index (χ3n) is 3.78. The summed E-state index contributed by atoms with van der Waals surface area (Å²) in [6, 6.07) is 13.1. The SMILES string of the molecule is COc1ccc2c(Cl)c(C(=O)Oc3ccc(C(C)C)cc3)sc2c1. The van der Waals surface area contributed by atoms with Gasteiger partial charge in [-0.1, -0.05) is 37.6 Å². The summed E-state index contributed by atoms with van der Waals surface area (Å²) >= 11 is 7.65. The van der Waals surface area contributed by atoms with Crippen molar-refractivity contribution in [3.05, 3.63) is 57.9 Å². The van der Waals surface area contributed by atoms with E-state index in [-0.39, 0.29) is 0 Å². The number of hydrogen-bond donors (Lipinski definition) is 0. The molecular weight excluding hydrogens is 344 g/mol. The Balaban J connectivity index is 1.86. The molecule has 3 nitrogen and oxygen atoms in total. The zero-order chi connectivity index (χ0) is 17.3. The summed E-state index contributed by atoms with van der Waals surface area (Å²) in [5.41, 5.74) is 1.20. The van der Waals surface area contributed by atoms with Crippen LogP contribution in [0.1, 0.15) is 35.0 Å². The Kier molecular flexibility index (Phi) is 4.78. The average molecular weight is 361 g/mol. The molecule has 0 bridgehead atoms. The van der Waals surface area contributed by atoms with Gasteiger partial charge < -0.3 is 9.47 Å². The van der Waals surface area contributed by atoms with Crippen LogP contribution >= 0.6 is 22.9 Å². The number of methoxy groups -OCH3 is 1. The van der Waals surface area contributed by atoms with Crippen LogP contribution in [0.2, 0.25) is 5.02 Å². The highest BCUT2D eigenvalue weighted by Crippen LogP contribution is 2.37. The zero-order valence-electron chi connectivity index (χ0n) is 13.6. The fourth-order valence-corrected chi connectivity index (χ4v) is 3.79. The highest BCUT2D eigenvalue weighted by atomic mass is 35.5. The second kappa shape index (κ2) is 6.83. The summed E-state index contributed by atoms with van der Waals surface area (Å²) < 4.78 is 11.6. The van der Waals surface area contributed by atoms with E-state index < -0.39 is 5.97 Å². The fourth-order valence-electron chi connectivity index (χ4n) is 2.38. The molecule has 0 unspecified atom stereocenters. The Morgan fingerprint density at radius 2 is 1.75 bits per heavy atom. The van der Waals surface area contributed by atoms with Crippen molar-refractivity contribution in [2.45, 2.75) is 19.8 Å². The van der Waals surface area contributed by atoms with E-state index in [9.17, 15) is 4.79 Å². The Bertz CT molecular complexity index is 882. The summed E-state index contributed by atoms with van der Waals surface area (Å²) in [6.07, 6.45) is 0. The Morgan fingerprint density at radius 1 is 1.08 bits per heavy atom. The maximum atomic E-state index is 12.5. The molecule has 0 aliphatic carbocycles. The van der Waals surface area contributed by atoms with Crippen molar-refractivity contribution in [2.24, 2.45) is 0 Å². The number of halogens is 1. The quantitative estimate of drug-likeness (QED) is 0.429. The molecule has 0 amide bonds. The number of thiophene rings is 1. The van der Waals surface area contributed by atoms with Gasteiger partial charge in [-0.25, -0.2) is 4.79 Å². The molecule has 0 spiro atoms. The smallest absolute Gasteiger partial charge is 0.355 e. The summed E-state index contributed by atoms with van der Waals surface area (Å²) in [5, 5.41) is 1.24. The van der Waals surface area contributed by atoms with Gasteiger partial charge in [0.05, 0.1) is 12.1 Å². The van der Waals surface area contributed by atoms with Crippen molar-refractivity contribution in [3.8, 4) is 11.5 Å². The molecule has 0 saturated heterocycles. The van der Waals surface area contributed by atoms with Gasteiger partial charge in [-0.15, -0.1) is 11.3 Å². The first-order valence-electron chi connectivity index (χ1n) is 7.57. The first kappa shape index (κ1) is 16.8. The molecular formula is C19H17ClO3S. The van der Waals surface area contributed by atoms with E-state index in [1.807, 2.05) is 30.3 Å². The van der Waals surface area contributed by atoms with Crippen LogP contribution in [0.3, 0.4) is 0 Å². The van der Waals surface area contributed by atoms with Crippen LogP contribution in [0.25, 0.3) is 10.1 Å². The van der Waals surface area contributed by atoms with Gasteiger partial charge in [0.25, 0.3) is 0 Å². The van der Waals surface area contributed by atoms with E-state index in [4.69, 9.17) is 21.1 Å². The molecule has 0 fully saturated rings. The molecule has 3 rings (SSSR count). The summed E-state index contributed by atoms with van der Waals surface area (Å²) in [7, 11) is 1.60. The van der Waals surface area contributed by atoms with Crippen LogP contribution < -0.4 is 9.47 Å². The summed E-state index contributed by atoms with van der Waals surface area (Å²) in [4.78, 5) is 12.8. The predicted molar refractivity (Wildman–Crippen MR) is 98.9 cm³/mol. The van der Waals surface area contributed by atoms with E-state index in [1.165, 1.54) is 16.9 Å². The first-order chi connectivity index (χ1) is 11.5. The molecule has 1 aromatic heterocycles. The van der Waals surface area contributed by atoms with Gasteiger partial charge in [0.2, 0.25) is 0 Å². The maximum absolute atomic E-state index is 12.5. The number of ether oxygens (including phenoxy) is 2. The van der Waals surface area contributed by atoms with Crippen molar-refractivity contribution in [1.82, 2.24) is 0 Å². The molecule has 3 aromatic rings. The number of fused-ring (bicyclic) bond motifs is 1. The van der Waals surface area contributed by atoms with Crippen LogP contribution in [-0.4, -0.2) is 13.1 Å². The van der Waals surface area contributed by atoms with E-state index in [2.05, 4.69) is 13.8 Å². The highest BCUT2D eigenvalue weighted by Gasteiger charge is 2.19.